The number of aromatic nitrogens is 1. The third-order valence-corrected chi connectivity index (χ3v) is 4.07. The molecule has 1 saturated carbocycles. The highest BCUT2D eigenvalue weighted by molar-refractivity contribution is 6.31. The monoisotopic (exact) mass is 253 g/mol. The lowest BCUT2D eigenvalue weighted by molar-refractivity contribution is 0.0986. The van der Waals surface area contributed by atoms with E-state index in [1.54, 1.807) is 12.4 Å². The van der Waals surface area contributed by atoms with Gasteiger partial charge in [-0.2, -0.15) is 0 Å². The Labute approximate surface area is 108 Å². The summed E-state index contributed by atoms with van der Waals surface area (Å²) in [5, 5.41) is 11.0. The van der Waals surface area contributed by atoms with Crippen LogP contribution in [-0.2, 0) is 6.42 Å². The molecule has 2 nitrogen and oxygen atoms in total. The minimum absolute atomic E-state index is 0.256. The van der Waals surface area contributed by atoms with Gasteiger partial charge >= 0.3 is 0 Å². The normalized spacial score (nSPS) is 19.9. The van der Waals surface area contributed by atoms with Crippen LogP contribution in [0.25, 0.3) is 0 Å². The zero-order valence-electron chi connectivity index (χ0n) is 10.1. The van der Waals surface area contributed by atoms with Crippen LogP contribution < -0.4 is 0 Å². The molecule has 0 bridgehead atoms. The van der Waals surface area contributed by atoms with Crippen LogP contribution in [0.5, 0.6) is 0 Å². The van der Waals surface area contributed by atoms with Gasteiger partial charge in [-0.25, -0.2) is 0 Å². The maximum Gasteiger partial charge on any atom is 0.0622 e. The molecular formula is C14H20ClNO. The molecule has 3 heteroatoms. The van der Waals surface area contributed by atoms with E-state index in [2.05, 4.69) is 4.98 Å². The molecule has 2 rings (SSSR count). The predicted molar refractivity (Wildman–Crippen MR) is 70.1 cm³/mol. The Bertz CT molecular complexity index is 348. The molecule has 0 radical (unpaired) electrons. The molecule has 1 aromatic rings. The third-order valence-electron chi connectivity index (χ3n) is 3.73. The number of halogens is 1. The van der Waals surface area contributed by atoms with Gasteiger partial charge in [-0.05, 0) is 30.4 Å². The van der Waals surface area contributed by atoms with Gasteiger partial charge in [0.15, 0.2) is 0 Å². The van der Waals surface area contributed by atoms with Crippen LogP contribution in [-0.4, -0.2) is 16.2 Å². The molecule has 0 saturated heterocycles. The van der Waals surface area contributed by atoms with Crippen molar-refractivity contribution < 1.29 is 5.11 Å². The summed E-state index contributed by atoms with van der Waals surface area (Å²) < 4.78 is 0. The Hall–Kier alpha value is -0.600. The van der Waals surface area contributed by atoms with Crippen LogP contribution in [0.15, 0.2) is 18.5 Å². The number of aliphatic hydroxyl groups excluding tert-OH is 1. The van der Waals surface area contributed by atoms with Crippen molar-refractivity contribution in [2.24, 2.45) is 5.92 Å². The van der Waals surface area contributed by atoms with Gasteiger partial charge in [0, 0.05) is 18.8 Å². The lowest BCUT2D eigenvalue weighted by atomic mass is 9.90. The minimum atomic E-state index is -0.256. The van der Waals surface area contributed by atoms with E-state index >= 15 is 0 Å². The molecule has 1 N–H and O–H groups in total. The number of nitrogens with zero attached hydrogens (tertiary/aromatic N) is 1. The molecule has 1 aromatic heterocycles. The largest absolute Gasteiger partial charge is 0.392 e. The molecule has 1 fully saturated rings. The Kier molecular flexibility index (Phi) is 4.81. The fraction of sp³-hybridized carbons (Fsp3) is 0.643. The van der Waals surface area contributed by atoms with Gasteiger partial charge < -0.3 is 5.11 Å². The quantitative estimate of drug-likeness (QED) is 0.835. The summed E-state index contributed by atoms with van der Waals surface area (Å²) in [5.41, 5.74) is 1.01. The lowest BCUT2D eigenvalue weighted by Crippen LogP contribution is -2.22. The molecular weight excluding hydrogens is 234 g/mol. The van der Waals surface area contributed by atoms with Gasteiger partial charge in [0.05, 0.1) is 11.1 Å². The number of hydrogen-bond acceptors (Lipinski definition) is 2. The first kappa shape index (κ1) is 12.8. The lowest BCUT2D eigenvalue weighted by Gasteiger charge is -2.21. The summed E-state index contributed by atoms with van der Waals surface area (Å²) >= 11 is 6.07. The van der Waals surface area contributed by atoms with Gasteiger partial charge in [-0.3, -0.25) is 4.98 Å². The van der Waals surface area contributed by atoms with E-state index in [1.165, 1.54) is 25.7 Å². The second kappa shape index (κ2) is 6.36. The second-order valence-corrected chi connectivity index (χ2v) is 5.40. The molecule has 17 heavy (non-hydrogen) atoms. The van der Waals surface area contributed by atoms with Gasteiger partial charge in [0.2, 0.25) is 0 Å². The van der Waals surface area contributed by atoms with E-state index in [4.69, 9.17) is 11.6 Å². The Balaban J connectivity index is 1.95. The third kappa shape index (κ3) is 3.68. The summed E-state index contributed by atoms with van der Waals surface area (Å²) in [7, 11) is 0. The second-order valence-electron chi connectivity index (χ2n) is 4.99. The van der Waals surface area contributed by atoms with Crippen molar-refractivity contribution in [2.75, 3.05) is 0 Å². The first-order valence-corrected chi connectivity index (χ1v) is 6.91. The SMILES string of the molecule is OC(Cc1ccncc1Cl)C1CCCCCC1. The minimum Gasteiger partial charge on any atom is -0.392 e. The highest BCUT2D eigenvalue weighted by atomic mass is 35.5. The maximum absolute atomic E-state index is 10.3. The van der Waals surface area contributed by atoms with Crippen LogP contribution in [0.4, 0.5) is 0 Å². The van der Waals surface area contributed by atoms with Crippen LogP contribution in [0.2, 0.25) is 5.02 Å². The van der Waals surface area contributed by atoms with Crippen molar-refractivity contribution in [2.45, 2.75) is 51.0 Å². The zero-order chi connectivity index (χ0) is 12.1. The fourth-order valence-electron chi connectivity index (χ4n) is 2.66. The highest BCUT2D eigenvalue weighted by Crippen LogP contribution is 2.28. The molecule has 0 spiro atoms. The van der Waals surface area contributed by atoms with Crippen molar-refractivity contribution in [3.63, 3.8) is 0 Å². The molecule has 0 amide bonds. The number of rotatable bonds is 3. The molecule has 0 aliphatic heterocycles. The molecule has 1 atom stereocenters. The standard InChI is InChI=1S/C14H20ClNO/c15-13-10-16-8-7-12(13)9-14(17)11-5-3-1-2-4-6-11/h7-8,10-11,14,17H,1-6,9H2. The number of aliphatic hydroxyl groups is 1. The molecule has 1 heterocycles. The van der Waals surface area contributed by atoms with Gasteiger partial charge in [-0.1, -0.05) is 37.3 Å². The van der Waals surface area contributed by atoms with E-state index in [-0.39, 0.29) is 6.10 Å². The van der Waals surface area contributed by atoms with Gasteiger partial charge in [0.1, 0.15) is 0 Å². The van der Waals surface area contributed by atoms with Gasteiger partial charge in [-0.15, -0.1) is 0 Å². The van der Waals surface area contributed by atoms with Crippen molar-refractivity contribution in [1.82, 2.24) is 4.98 Å². The van der Waals surface area contributed by atoms with Crippen LogP contribution in [0.1, 0.15) is 44.1 Å². The van der Waals surface area contributed by atoms with Crippen LogP contribution in [0.3, 0.4) is 0 Å². The van der Waals surface area contributed by atoms with Crippen LogP contribution >= 0.6 is 11.6 Å². The molecule has 94 valence electrons. The van der Waals surface area contributed by atoms with E-state index in [0.29, 0.717) is 17.4 Å². The van der Waals surface area contributed by atoms with Crippen molar-refractivity contribution in [3.05, 3.63) is 29.0 Å². The summed E-state index contributed by atoms with van der Waals surface area (Å²) in [6.07, 6.45) is 11.3. The first-order chi connectivity index (χ1) is 8.27. The average Bonchev–Trinajstić information content (AvgIpc) is 2.61. The van der Waals surface area contributed by atoms with E-state index in [9.17, 15) is 5.11 Å². The van der Waals surface area contributed by atoms with Crippen molar-refractivity contribution >= 4 is 11.6 Å². The maximum atomic E-state index is 10.3. The average molecular weight is 254 g/mol. The van der Waals surface area contributed by atoms with E-state index in [1.807, 2.05) is 6.07 Å². The Morgan fingerprint density at radius 3 is 2.65 bits per heavy atom. The Morgan fingerprint density at radius 2 is 2.00 bits per heavy atom. The predicted octanol–water partition coefficient (Wildman–Crippen LogP) is 3.61. The summed E-state index contributed by atoms with van der Waals surface area (Å²) in [6, 6.07) is 1.91. The zero-order valence-corrected chi connectivity index (χ0v) is 10.9. The fourth-order valence-corrected chi connectivity index (χ4v) is 2.85. The summed E-state index contributed by atoms with van der Waals surface area (Å²) in [6.45, 7) is 0. The molecule has 0 aromatic carbocycles. The number of hydrogen-bond donors (Lipinski definition) is 1. The first-order valence-electron chi connectivity index (χ1n) is 6.54. The van der Waals surface area contributed by atoms with Crippen molar-refractivity contribution in [3.8, 4) is 0 Å². The molecule has 1 unspecified atom stereocenters. The Morgan fingerprint density at radius 1 is 1.29 bits per heavy atom. The topological polar surface area (TPSA) is 33.1 Å². The highest BCUT2D eigenvalue weighted by Gasteiger charge is 2.21. The van der Waals surface area contributed by atoms with E-state index in [0.717, 1.165) is 18.4 Å². The van der Waals surface area contributed by atoms with Crippen molar-refractivity contribution in [1.29, 1.82) is 0 Å². The number of pyridine rings is 1. The smallest absolute Gasteiger partial charge is 0.0622 e. The molecule has 1 aliphatic rings. The summed E-state index contributed by atoms with van der Waals surface area (Å²) in [4.78, 5) is 3.97. The van der Waals surface area contributed by atoms with E-state index < -0.39 is 0 Å². The van der Waals surface area contributed by atoms with Gasteiger partial charge in [0.25, 0.3) is 0 Å². The molecule has 1 aliphatic carbocycles. The van der Waals surface area contributed by atoms with Crippen LogP contribution in [0, 0.1) is 5.92 Å². The summed E-state index contributed by atoms with van der Waals surface area (Å²) in [5.74, 6) is 0.446.